The molecule has 4 amide bonds. The number of imidazole rings is 2. The predicted octanol–water partition coefficient (Wildman–Crippen LogP) is 8.38. The monoisotopic (exact) mass is 925 g/mol. The van der Waals surface area contributed by atoms with Crippen LogP contribution in [0.1, 0.15) is 138 Å². The minimum absolute atomic E-state index is 0.0521. The number of amides is 4. The van der Waals surface area contributed by atoms with Crippen molar-refractivity contribution in [2.45, 2.75) is 122 Å². The van der Waals surface area contributed by atoms with E-state index in [9.17, 15) is 29.5 Å². The van der Waals surface area contributed by atoms with E-state index < -0.39 is 24.3 Å². The first kappa shape index (κ1) is 46.3. The van der Waals surface area contributed by atoms with Gasteiger partial charge in [0.25, 0.3) is 0 Å². The first-order valence-corrected chi connectivity index (χ1v) is 24.3. The number of H-pyrrole nitrogens is 2. The number of carbonyl (C=O) groups is 4. The van der Waals surface area contributed by atoms with Gasteiger partial charge in [-0.2, -0.15) is 5.26 Å². The number of aromatic nitrogens is 4. The fourth-order valence-corrected chi connectivity index (χ4v) is 11.2. The quantitative estimate of drug-likeness (QED) is 0.0801. The van der Waals surface area contributed by atoms with Crippen LogP contribution in [0.25, 0.3) is 22.1 Å². The van der Waals surface area contributed by atoms with E-state index in [1.807, 2.05) is 44.7 Å². The number of rotatable bonds is 12. The van der Waals surface area contributed by atoms with Crippen LogP contribution in [0.2, 0.25) is 0 Å². The summed E-state index contributed by atoms with van der Waals surface area (Å²) < 4.78 is 4.83. The lowest BCUT2D eigenvalue weighted by Crippen LogP contribution is -2.51. The largest absolute Gasteiger partial charge is 0.465 e. The van der Waals surface area contributed by atoms with Crippen LogP contribution in [0.3, 0.4) is 0 Å². The molecule has 358 valence electrons. The molecule has 0 bridgehead atoms. The number of anilines is 2. The number of piperidine rings is 1. The van der Waals surface area contributed by atoms with Gasteiger partial charge in [-0.05, 0) is 123 Å². The summed E-state index contributed by atoms with van der Waals surface area (Å²) in [7, 11) is 1.29. The minimum atomic E-state index is -1.22. The molecule has 4 aliphatic heterocycles. The van der Waals surface area contributed by atoms with Crippen LogP contribution in [-0.4, -0.2) is 104 Å². The molecule has 4 saturated heterocycles. The fourth-order valence-electron chi connectivity index (χ4n) is 11.2. The van der Waals surface area contributed by atoms with Crippen molar-refractivity contribution >= 4 is 57.4 Å². The molecule has 17 heteroatoms. The van der Waals surface area contributed by atoms with Gasteiger partial charge in [-0.25, -0.2) is 19.6 Å². The van der Waals surface area contributed by atoms with Gasteiger partial charge in [-0.3, -0.25) is 9.59 Å². The Hall–Kier alpha value is -6.83. The summed E-state index contributed by atoms with van der Waals surface area (Å²) in [5.41, 5.74) is 8.09. The van der Waals surface area contributed by atoms with E-state index in [0.717, 1.165) is 109 Å². The lowest BCUT2D eigenvalue weighted by molar-refractivity contribution is -0.136. The van der Waals surface area contributed by atoms with E-state index in [0.29, 0.717) is 30.3 Å². The minimum Gasteiger partial charge on any atom is -0.465 e. The molecule has 6 heterocycles. The van der Waals surface area contributed by atoms with Gasteiger partial charge < -0.3 is 50.0 Å². The Labute approximate surface area is 396 Å². The van der Waals surface area contributed by atoms with Crippen LogP contribution in [0.15, 0.2) is 54.6 Å². The maximum Gasteiger partial charge on any atom is 0.407 e. The molecule has 4 fully saturated rings. The standard InChI is InChI=1S/C51H63N11O6/c1-29(2)44(57-50(65)66)48(63)60-23-9-11-42(60)46-53-35-16-13-31(26-37(35)55-46)40-19-20-41(62(40)34-15-18-39(33(25-34)28-52)59-21-7-6-8-22-59)32-14-17-36-38(27-32)56-47(54-36)43-12-10-24-61(43)49(64)45(30(3)4)58-51(67)68-5/h13-18,25-27,29-30,40-45,57H,6-12,19-24H2,1-5H3,(H,53,55)(H,54,56)(H,58,67)(H,65,66)/t40-,41-,42+,43+,44+,45+/m1/s1. The van der Waals surface area contributed by atoms with Gasteiger partial charge in [0.15, 0.2) is 0 Å². The Morgan fingerprint density at radius 1 is 0.691 bits per heavy atom. The van der Waals surface area contributed by atoms with Gasteiger partial charge in [-0.15, -0.1) is 0 Å². The smallest absolute Gasteiger partial charge is 0.407 e. The SMILES string of the molecule is COC(=O)N[C@H](C(=O)N1CCC[C@H]1c1nc2ccc([C@H]3CC[C@H](c4ccc5nc([C@@H]6CCCN6C(=O)[C@@H](NC(=O)O)C(C)C)[nH]c5c4)N3c3ccc(N4CCCCC4)c(C#N)c3)cc2[nH]1)C(C)C. The number of nitriles is 1. The molecule has 0 radical (unpaired) electrons. The molecule has 0 unspecified atom stereocenters. The Balaban J connectivity index is 1.04. The van der Waals surface area contributed by atoms with Crippen molar-refractivity contribution < 1.29 is 29.0 Å². The third-order valence-electron chi connectivity index (χ3n) is 14.6. The molecular weight excluding hydrogens is 863 g/mol. The molecule has 6 atom stereocenters. The number of likely N-dealkylation sites (tertiary alicyclic amines) is 2. The van der Waals surface area contributed by atoms with E-state index in [-0.39, 0.29) is 47.8 Å². The van der Waals surface area contributed by atoms with Crippen molar-refractivity contribution in [1.82, 2.24) is 40.4 Å². The zero-order valence-corrected chi connectivity index (χ0v) is 39.6. The van der Waals surface area contributed by atoms with Gasteiger partial charge in [-0.1, -0.05) is 39.8 Å². The molecule has 17 nitrogen and oxygen atoms in total. The van der Waals surface area contributed by atoms with Crippen LogP contribution >= 0.6 is 0 Å². The number of carbonyl (C=O) groups excluding carboxylic acids is 3. The Kier molecular flexibility index (Phi) is 13.2. The molecule has 3 aromatic carbocycles. The lowest BCUT2D eigenvalue weighted by atomic mass is 10.0. The van der Waals surface area contributed by atoms with Crippen molar-refractivity contribution in [1.29, 1.82) is 5.26 Å². The highest BCUT2D eigenvalue weighted by atomic mass is 16.5. The summed E-state index contributed by atoms with van der Waals surface area (Å²) in [6.07, 6.45) is 6.29. The topological polar surface area (TPSA) is 216 Å². The lowest BCUT2D eigenvalue weighted by Gasteiger charge is -2.35. The number of aromatic amines is 2. The summed E-state index contributed by atoms with van der Waals surface area (Å²) in [5, 5.41) is 25.2. The van der Waals surface area contributed by atoms with Crippen molar-refractivity contribution in [3.05, 3.63) is 82.9 Å². The number of alkyl carbamates (subject to hydrolysis) is 1. The third kappa shape index (κ3) is 9.00. The number of methoxy groups -OCH3 is 1. The molecular formula is C51H63N11O6. The number of fused-ring (bicyclic) bond motifs is 2. The highest BCUT2D eigenvalue weighted by Gasteiger charge is 2.41. The van der Waals surface area contributed by atoms with Gasteiger partial charge in [0.05, 0.1) is 64.6 Å². The summed E-state index contributed by atoms with van der Waals surface area (Å²) in [6.45, 7) is 10.4. The number of benzene rings is 3. The Bertz CT molecular complexity index is 2730. The van der Waals surface area contributed by atoms with Crippen LogP contribution in [0.4, 0.5) is 21.0 Å². The zero-order chi connectivity index (χ0) is 47.8. The summed E-state index contributed by atoms with van der Waals surface area (Å²) in [4.78, 5) is 77.1. The van der Waals surface area contributed by atoms with Crippen LogP contribution in [-0.2, 0) is 14.3 Å². The normalized spacial score (nSPS) is 21.7. The van der Waals surface area contributed by atoms with Gasteiger partial charge in [0, 0.05) is 31.9 Å². The first-order valence-electron chi connectivity index (χ1n) is 24.3. The third-order valence-corrected chi connectivity index (χ3v) is 14.6. The molecule has 5 N–H and O–H groups in total. The van der Waals surface area contributed by atoms with E-state index in [1.165, 1.54) is 13.5 Å². The average molecular weight is 926 g/mol. The predicted molar refractivity (Wildman–Crippen MR) is 258 cm³/mol. The Morgan fingerprint density at radius 2 is 1.22 bits per heavy atom. The second-order valence-corrected chi connectivity index (χ2v) is 19.6. The number of ether oxygens (including phenoxy) is 1. The molecule has 4 aliphatic rings. The fraction of sp³-hybridized carbons (Fsp3) is 0.510. The number of nitrogens with one attached hydrogen (secondary N) is 4. The number of nitrogens with zero attached hydrogens (tertiary/aromatic N) is 7. The zero-order valence-electron chi connectivity index (χ0n) is 39.6. The highest BCUT2D eigenvalue weighted by Crippen LogP contribution is 2.49. The van der Waals surface area contributed by atoms with Crippen molar-refractivity contribution in [3.8, 4) is 6.07 Å². The number of hydrogen-bond donors (Lipinski definition) is 5. The van der Waals surface area contributed by atoms with Crippen molar-refractivity contribution in [2.75, 3.05) is 43.1 Å². The van der Waals surface area contributed by atoms with Crippen LogP contribution in [0, 0.1) is 23.2 Å². The second-order valence-electron chi connectivity index (χ2n) is 19.6. The Morgan fingerprint density at radius 3 is 1.71 bits per heavy atom. The number of carboxylic acid groups (broad SMARTS) is 1. The average Bonchev–Trinajstić information content (AvgIpc) is 4.20. The van der Waals surface area contributed by atoms with Crippen LogP contribution < -0.4 is 20.4 Å². The molecule has 5 aromatic rings. The summed E-state index contributed by atoms with van der Waals surface area (Å²) in [6, 6.07) is 19.3. The first-order chi connectivity index (χ1) is 32.8. The molecule has 0 aliphatic carbocycles. The molecule has 2 aromatic heterocycles. The van der Waals surface area contributed by atoms with Crippen molar-refractivity contribution in [3.63, 3.8) is 0 Å². The van der Waals surface area contributed by atoms with Gasteiger partial charge >= 0.3 is 12.2 Å². The molecule has 0 saturated carbocycles. The van der Waals surface area contributed by atoms with E-state index in [4.69, 9.17) is 14.7 Å². The maximum absolute atomic E-state index is 13.9. The molecule has 9 rings (SSSR count). The highest BCUT2D eigenvalue weighted by molar-refractivity contribution is 5.87. The second kappa shape index (κ2) is 19.4. The van der Waals surface area contributed by atoms with Crippen molar-refractivity contribution in [2.24, 2.45) is 11.8 Å². The number of hydrogen-bond acceptors (Lipinski definition) is 10. The van der Waals surface area contributed by atoms with E-state index >= 15 is 0 Å². The summed E-state index contributed by atoms with van der Waals surface area (Å²) >= 11 is 0. The van der Waals surface area contributed by atoms with Gasteiger partial charge in [0.1, 0.15) is 29.8 Å². The van der Waals surface area contributed by atoms with Gasteiger partial charge in [0.2, 0.25) is 11.8 Å². The maximum atomic E-state index is 13.9. The molecule has 68 heavy (non-hydrogen) atoms. The van der Waals surface area contributed by atoms with E-state index in [1.54, 1.807) is 4.90 Å². The summed E-state index contributed by atoms with van der Waals surface area (Å²) in [5.74, 6) is 0.635. The van der Waals surface area contributed by atoms with Crippen LogP contribution in [0.5, 0.6) is 0 Å². The molecule has 0 spiro atoms. The van der Waals surface area contributed by atoms with E-state index in [2.05, 4.69) is 78.9 Å².